The van der Waals surface area contributed by atoms with E-state index in [4.69, 9.17) is 4.74 Å². The fraction of sp³-hybridized carbons (Fsp3) is 0.182. The molecular weight excluding hydrogens is 386 g/mol. The van der Waals surface area contributed by atoms with Crippen LogP contribution in [0.4, 0.5) is 5.69 Å². The minimum absolute atomic E-state index is 0.118. The minimum atomic E-state index is -0.748. The number of H-pyrrole nitrogens is 1. The van der Waals surface area contributed by atoms with Gasteiger partial charge < -0.3 is 9.84 Å². The second kappa shape index (κ2) is 8.60. The maximum atomic E-state index is 12.4. The standard InChI is InChI=1S/C22H21N3O5/c1-4-30-21(28)15-9-11-16(12-10-15)23-14(3)18-19(26)24-22(29)25(20(18)27)17-8-6-5-7-13(17)2/h5-12,27H,4H2,1-3H3,(H,24,26,29). The summed E-state index contributed by atoms with van der Waals surface area (Å²) in [6, 6.07) is 13.3. The van der Waals surface area contributed by atoms with E-state index in [1.807, 2.05) is 0 Å². The monoisotopic (exact) mass is 407 g/mol. The van der Waals surface area contributed by atoms with Crippen LogP contribution in [0.15, 0.2) is 63.1 Å². The molecule has 1 heterocycles. The SMILES string of the molecule is CCOC(=O)c1ccc(N=C(C)c2c(O)n(-c3ccccc3C)c(=O)[nH]c2=O)cc1. The molecule has 0 spiro atoms. The molecule has 3 rings (SSSR count). The molecule has 2 N–H and O–H groups in total. The highest BCUT2D eigenvalue weighted by Gasteiger charge is 2.19. The van der Waals surface area contributed by atoms with Crippen LogP contribution in [0.1, 0.15) is 35.3 Å². The zero-order valence-corrected chi connectivity index (χ0v) is 16.8. The van der Waals surface area contributed by atoms with Crippen LogP contribution in [0.2, 0.25) is 0 Å². The summed E-state index contributed by atoms with van der Waals surface area (Å²) in [6.07, 6.45) is 0. The highest BCUT2D eigenvalue weighted by molar-refractivity contribution is 6.02. The normalized spacial score (nSPS) is 11.4. The minimum Gasteiger partial charge on any atom is -0.493 e. The van der Waals surface area contributed by atoms with Crippen LogP contribution in [0, 0.1) is 6.92 Å². The number of ether oxygens (including phenoxy) is 1. The number of benzene rings is 2. The third-order valence-corrected chi connectivity index (χ3v) is 4.48. The number of nitrogens with one attached hydrogen (secondary N) is 1. The van der Waals surface area contributed by atoms with Crippen molar-refractivity contribution in [2.45, 2.75) is 20.8 Å². The molecule has 8 heteroatoms. The Labute approximate surface area is 172 Å². The predicted octanol–water partition coefficient (Wildman–Crippen LogP) is 2.86. The molecule has 0 amide bonds. The van der Waals surface area contributed by atoms with Gasteiger partial charge in [0.15, 0.2) is 0 Å². The van der Waals surface area contributed by atoms with E-state index in [2.05, 4.69) is 9.98 Å². The van der Waals surface area contributed by atoms with Crippen LogP contribution < -0.4 is 11.2 Å². The smallest absolute Gasteiger partial charge is 0.338 e. The molecule has 0 aliphatic heterocycles. The number of hydrogen-bond acceptors (Lipinski definition) is 6. The van der Waals surface area contributed by atoms with E-state index in [-0.39, 0.29) is 17.9 Å². The zero-order valence-electron chi connectivity index (χ0n) is 16.8. The van der Waals surface area contributed by atoms with Gasteiger partial charge in [-0.3, -0.25) is 14.8 Å². The lowest BCUT2D eigenvalue weighted by molar-refractivity contribution is 0.0526. The van der Waals surface area contributed by atoms with Crippen molar-refractivity contribution in [2.24, 2.45) is 4.99 Å². The van der Waals surface area contributed by atoms with Crippen LogP contribution in [-0.2, 0) is 4.74 Å². The quantitative estimate of drug-likeness (QED) is 0.499. The van der Waals surface area contributed by atoms with Crippen LogP contribution in [0.25, 0.3) is 5.69 Å². The van der Waals surface area contributed by atoms with Crippen molar-refractivity contribution in [1.29, 1.82) is 0 Å². The van der Waals surface area contributed by atoms with Gasteiger partial charge in [0.2, 0.25) is 5.88 Å². The van der Waals surface area contributed by atoms with Crippen LogP contribution in [-0.4, -0.2) is 32.9 Å². The van der Waals surface area contributed by atoms with Gasteiger partial charge in [0, 0.05) is 0 Å². The van der Waals surface area contributed by atoms with Crippen molar-refractivity contribution in [3.63, 3.8) is 0 Å². The molecule has 0 saturated carbocycles. The van der Waals surface area contributed by atoms with Gasteiger partial charge in [-0.25, -0.2) is 14.2 Å². The van der Waals surface area contributed by atoms with E-state index >= 15 is 0 Å². The topological polar surface area (TPSA) is 114 Å². The van der Waals surface area contributed by atoms with E-state index in [1.54, 1.807) is 69.3 Å². The number of rotatable bonds is 5. The zero-order chi connectivity index (χ0) is 21.8. The van der Waals surface area contributed by atoms with E-state index in [1.165, 1.54) is 0 Å². The summed E-state index contributed by atoms with van der Waals surface area (Å²) in [7, 11) is 0. The van der Waals surface area contributed by atoms with Crippen molar-refractivity contribution in [1.82, 2.24) is 9.55 Å². The highest BCUT2D eigenvalue weighted by Crippen LogP contribution is 2.21. The molecule has 2 aromatic carbocycles. The Morgan fingerprint density at radius 3 is 2.43 bits per heavy atom. The maximum absolute atomic E-state index is 12.4. The number of hydrogen-bond donors (Lipinski definition) is 2. The lowest BCUT2D eigenvalue weighted by atomic mass is 10.1. The summed E-state index contributed by atoms with van der Waals surface area (Å²) in [5, 5.41) is 10.8. The first-order valence-corrected chi connectivity index (χ1v) is 9.30. The fourth-order valence-electron chi connectivity index (χ4n) is 3.02. The Morgan fingerprint density at radius 1 is 1.13 bits per heavy atom. The number of carbonyl (C=O) groups excluding carboxylic acids is 1. The molecule has 154 valence electrons. The number of aliphatic imine (C=N–C) groups is 1. The molecular formula is C22H21N3O5. The van der Waals surface area contributed by atoms with Gasteiger partial charge >= 0.3 is 11.7 Å². The number of aromatic hydroxyl groups is 1. The van der Waals surface area contributed by atoms with Gasteiger partial charge in [-0.2, -0.15) is 0 Å². The summed E-state index contributed by atoms with van der Waals surface area (Å²) < 4.78 is 5.98. The summed E-state index contributed by atoms with van der Waals surface area (Å²) in [6.45, 7) is 5.34. The van der Waals surface area contributed by atoms with Gasteiger partial charge in [-0.1, -0.05) is 18.2 Å². The molecule has 0 fully saturated rings. The Bertz CT molecular complexity index is 1240. The number of carbonyl (C=O) groups is 1. The molecule has 1 aromatic heterocycles. The first-order valence-electron chi connectivity index (χ1n) is 9.30. The molecule has 30 heavy (non-hydrogen) atoms. The maximum Gasteiger partial charge on any atom is 0.338 e. The van der Waals surface area contributed by atoms with Gasteiger partial charge in [0.05, 0.1) is 29.3 Å². The first-order chi connectivity index (χ1) is 14.3. The van der Waals surface area contributed by atoms with Crippen molar-refractivity contribution in [2.75, 3.05) is 6.61 Å². The van der Waals surface area contributed by atoms with Crippen molar-refractivity contribution >= 4 is 17.4 Å². The van der Waals surface area contributed by atoms with Crippen LogP contribution in [0.3, 0.4) is 0 Å². The van der Waals surface area contributed by atoms with Gasteiger partial charge in [0.1, 0.15) is 5.56 Å². The summed E-state index contributed by atoms with van der Waals surface area (Å²) in [4.78, 5) is 43.1. The first kappa shape index (κ1) is 20.8. The van der Waals surface area contributed by atoms with Crippen molar-refractivity contribution in [3.05, 3.63) is 86.1 Å². The molecule has 8 nitrogen and oxygen atoms in total. The van der Waals surface area contributed by atoms with Crippen molar-refractivity contribution < 1.29 is 14.6 Å². The Kier molecular flexibility index (Phi) is 5.96. The van der Waals surface area contributed by atoms with E-state index in [9.17, 15) is 19.5 Å². The molecule has 3 aromatic rings. The lowest BCUT2D eigenvalue weighted by Gasteiger charge is -2.13. The third kappa shape index (κ3) is 4.07. The summed E-state index contributed by atoms with van der Waals surface area (Å²) in [5.41, 5.74) is 0.637. The highest BCUT2D eigenvalue weighted by atomic mass is 16.5. The lowest BCUT2D eigenvalue weighted by Crippen LogP contribution is -2.33. The molecule has 0 saturated heterocycles. The Morgan fingerprint density at radius 2 is 1.80 bits per heavy atom. The molecule has 0 atom stereocenters. The molecule has 0 aliphatic carbocycles. The average Bonchev–Trinajstić information content (AvgIpc) is 2.69. The number of aromatic amines is 1. The summed E-state index contributed by atoms with van der Waals surface area (Å²) in [5.74, 6) is -0.938. The molecule has 0 bridgehead atoms. The van der Waals surface area contributed by atoms with Crippen molar-refractivity contribution in [3.8, 4) is 11.6 Å². The Balaban J connectivity index is 2.06. The number of para-hydroxylation sites is 1. The van der Waals surface area contributed by atoms with Gasteiger partial charge in [-0.05, 0) is 56.7 Å². The van der Waals surface area contributed by atoms with Gasteiger partial charge in [0.25, 0.3) is 5.56 Å². The molecule has 0 radical (unpaired) electrons. The molecule has 0 unspecified atom stereocenters. The van der Waals surface area contributed by atoms with Gasteiger partial charge in [-0.15, -0.1) is 0 Å². The van der Waals surface area contributed by atoms with Crippen LogP contribution in [0.5, 0.6) is 5.88 Å². The predicted molar refractivity (Wildman–Crippen MR) is 113 cm³/mol. The van der Waals surface area contributed by atoms with Crippen LogP contribution >= 0.6 is 0 Å². The molecule has 0 aliphatic rings. The number of aromatic nitrogens is 2. The number of esters is 1. The summed E-state index contributed by atoms with van der Waals surface area (Å²) >= 11 is 0. The number of aryl methyl sites for hydroxylation is 1. The largest absolute Gasteiger partial charge is 0.493 e. The van der Waals surface area contributed by atoms with E-state index in [0.717, 1.165) is 10.1 Å². The Hall–Kier alpha value is -3.94. The number of nitrogens with zero attached hydrogens (tertiary/aromatic N) is 2. The average molecular weight is 407 g/mol. The van der Waals surface area contributed by atoms with E-state index in [0.29, 0.717) is 16.9 Å². The second-order valence-electron chi connectivity index (χ2n) is 6.54. The second-order valence-corrected chi connectivity index (χ2v) is 6.54. The fourth-order valence-corrected chi connectivity index (χ4v) is 3.02. The van der Waals surface area contributed by atoms with E-state index < -0.39 is 23.1 Å². The third-order valence-electron chi connectivity index (χ3n) is 4.48.